The molecule has 3 aromatic rings. The van der Waals surface area contributed by atoms with Gasteiger partial charge in [-0.15, -0.1) is 0 Å². The van der Waals surface area contributed by atoms with Crippen molar-refractivity contribution in [3.63, 3.8) is 0 Å². The molecule has 0 saturated carbocycles. The van der Waals surface area contributed by atoms with Crippen LogP contribution in [0.3, 0.4) is 0 Å². The highest BCUT2D eigenvalue weighted by atomic mass is 19.4. The van der Waals surface area contributed by atoms with Crippen molar-refractivity contribution in [3.05, 3.63) is 77.5 Å². The van der Waals surface area contributed by atoms with Crippen LogP contribution in [-0.4, -0.2) is 22.7 Å². The molecule has 2 aromatic carbocycles. The zero-order chi connectivity index (χ0) is 24.7. The van der Waals surface area contributed by atoms with Crippen molar-refractivity contribution >= 4 is 5.97 Å². The normalized spacial score (nSPS) is 12.3. The monoisotopic (exact) mass is 473 g/mol. The molecule has 0 spiro atoms. The number of halogens is 3. The van der Waals surface area contributed by atoms with Crippen LogP contribution < -0.4 is 9.47 Å². The average molecular weight is 473 g/mol. The van der Waals surface area contributed by atoms with Gasteiger partial charge in [-0.3, -0.25) is 0 Å². The molecule has 180 valence electrons. The van der Waals surface area contributed by atoms with Gasteiger partial charge in [-0.1, -0.05) is 31.5 Å². The third-order valence-electron chi connectivity index (χ3n) is 5.20. The Kier molecular flexibility index (Phi) is 8.15. The van der Waals surface area contributed by atoms with Crippen molar-refractivity contribution in [2.24, 2.45) is 0 Å². The minimum absolute atomic E-state index is 0.362. The molecule has 0 amide bonds. The summed E-state index contributed by atoms with van der Waals surface area (Å²) < 4.78 is 50.1. The molecule has 1 heterocycles. The van der Waals surface area contributed by atoms with Crippen LogP contribution in [0.1, 0.15) is 49.1 Å². The van der Waals surface area contributed by atoms with Gasteiger partial charge in [0.25, 0.3) is 0 Å². The van der Waals surface area contributed by atoms with Gasteiger partial charge >= 0.3 is 12.1 Å². The van der Waals surface area contributed by atoms with Crippen LogP contribution in [0.5, 0.6) is 11.5 Å². The van der Waals surface area contributed by atoms with E-state index >= 15 is 0 Å². The second-order valence-corrected chi connectivity index (χ2v) is 7.88. The van der Waals surface area contributed by atoms with Crippen LogP contribution in [0.25, 0.3) is 11.3 Å². The molecule has 0 aliphatic carbocycles. The minimum Gasteiger partial charge on any atom is -0.484 e. The number of nitrogens with zero attached hydrogens (tertiary/aromatic N) is 1. The van der Waals surface area contributed by atoms with Gasteiger partial charge in [-0.2, -0.15) is 13.2 Å². The molecule has 34 heavy (non-hydrogen) atoms. The Bertz CT molecular complexity index is 1110. The molecule has 0 aliphatic rings. The first kappa shape index (κ1) is 25.1. The highest BCUT2D eigenvalue weighted by Gasteiger charge is 2.30. The van der Waals surface area contributed by atoms with E-state index in [1.807, 2.05) is 12.1 Å². The number of carboxylic acid groups (broad SMARTS) is 1. The van der Waals surface area contributed by atoms with E-state index in [1.54, 1.807) is 31.2 Å². The fourth-order valence-corrected chi connectivity index (χ4v) is 3.44. The molecule has 0 saturated heterocycles. The predicted molar refractivity (Wildman–Crippen MR) is 122 cm³/mol. The van der Waals surface area contributed by atoms with Crippen LogP contribution in [0.4, 0.5) is 13.2 Å². The Hall–Kier alpha value is -3.55. The topological polar surface area (TPSA) is 68.7 Å². The van der Waals surface area contributed by atoms with Crippen molar-refractivity contribution in [1.29, 1.82) is 0 Å². The summed E-state index contributed by atoms with van der Waals surface area (Å²) in [5.41, 5.74) is 1.85. The molecule has 1 aromatic heterocycles. The Balaban J connectivity index is 1.83. The number of unbranched alkanes of at least 4 members (excludes halogenated alkanes) is 1. The fraction of sp³-hybridized carbons (Fsp3) is 0.308. The molecule has 1 atom stereocenters. The fourth-order valence-electron chi connectivity index (χ4n) is 3.44. The second kappa shape index (κ2) is 11.0. The molecule has 1 N–H and O–H groups in total. The Morgan fingerprint density at radius 2 is 1.82 bits per heavy atom. The van der Waals surface area contributed by atoms with E-state index in [1.165, 1.54) is 12.1 Å². The smallest absolute Gasteiger partial charge is 0.416 e. The number of benzene rings is 2. The highest BCUT2D eigenvalue weighted by molar-refractivity contribution is 5.68. The first-order chi connectivity index (χ1) is 16.2. The number of pyridine rings is 1. The van der Waals surface area contributed by atoms with Crippen LogP contribution in [-0.2, 0) is 11.0 Å². The minimum atomic E-state index is -4.39. The number of hydrogen-bond donors (Lipinski definition) is 1. The predicted octanol–water partition coefficient (Wildman–Crippen LogP) is 6.85. The molecule has 3 rings (SSSR count). The van der Waals surface area contributed by atoms with Gasteiger partial charge < -0.3 is 14.6 Å². The zero-order valence-corrected chi connectivity index (χ0v) is 18.9. The number of hydrogen-bond acceptors (Lipinski definition) is 4. The number of rotatable bonds is 10. The van der Waals surface area contributed by atoms with Crippen LogP contribution >= 0.6 is 0 Å². The number of carboxylic acids is 1. The van der Waals surface area contributed by atoms with E-state index in [0.29, 0.717) is 34.9 Å². The maximum absolute atomic E-state index is 12.9. The summed E-state index contributed by atoms with van der Waals surface area (Å²) in [5.74, 6) is -0.0105. The summed E-state index contributed by atoms with van der Waals surface area (Å²) in [7, 11) is 0. The van der Waals surface area contributed by atoms with Gasteiger partial charge in [0.2, 0.25) is 0 Å². The third-order valence-corrected chi connectivity index (χ3v) is 5.20. The molecule has 5 nitrogen and oxygen atoms in total. The molecule has 0 aliphatic heterocycles. The summed E-state index contributed by atoms with van der Waals surface area (Å²) in [6.45, 7) is 3.44. The standard InChI is InChI=1S/C26H26F3NO4/c1-3-4-8-24(34-20-13-14-23(17(2)15-20)33-16-25(31)32)22-7-5-6-21(30-22)18-9-11-19(12-10-18)26(27,28)29/h5-7,9-15,24H,3-4,8,16H2,1-2H3,(H,31,32)/t24-/m0/s1. The number of aryl methyl sites for hydroxylation is 1. The van der Waals surface area contributed by atoms with Gasteiger partial charge in [-0.25, -0.2) is 9.78 Å². The van der Waals surface area contributed by atoms with Crippen LogP contribution in [0.2, 0.25) is 0 Å². The first-order valence-corrected chi connectivity index (χ1v) is 10.9. The van der Waals surface area contributed by atoms with Crippen molar-refractivity contribution in [1.82, 2.24) is 4.98 Å². The number of carbonyl (C=O) groups is 1. The molecule has 8 heteroatoms. The lowest BCUT2D eigenvalue weighted by Gasteiger charge is -2.20. The summed E-state index contributed by atoms with van der Waals surface area (Å²) in [6.07, 6.45) is -2.19. The second-order valence-electron chi connectivity index (χ2n) is 7.88. The Morgan fingerprint density at radius 1 is 1.09 bits per heavy atom. The lowest BCUT2D eigenvalue weighted by molar-refractivity contribution is -0.139. The van der Waals surface area contributed by atoms with E-state index in [2.05, 4.69) is 11.9 Å². The third kappa shape index (κ3) is 6.73. The summed E-state index contributed by atoms with van der Waals surface area (Å²) in [6, 6.07) is 15.5. The van der Waals surface area contributed by atoms with E-state index in [0.717, 1.165) is 30.5 Å². The van der Waals surface area contributed by atoms with Crippen LogP contribution in [0, 0.1) is 6.92 Å². The average Bonchev–Trinajstić information content (AvgIpc) is 2.80. The van der Waals surface area contributed by atoms with Crippen molar-refractivity contribution in [3.8, 4) is 22.8 Å². The van der Waals surface area contributed by atoms with Gasteiger partial charge in [0.05, 0.1) is 17.0 Å². The maximum Gasteiger partial charge on any atom is 0.416 e. The summed E-state index contributed by atoms with van der Waals surface area (Å²) in [4.78, 5) is 15.4. The number of aromatic nitrogens is 1. The number of aliphatic carboxylic acids is 1. The molecule has 0 fully saturated rings. The Morgan fingerprint density at radius 3 is 2.44 bits per heavy atom. The van der Waals surface area contributed by atoms with E-state index in [4.69, 9.17) is 14.6 Å². The zero-order valence-electron chi connectivity index (χ0n) is 18.9. The molecule has 0 radical (unpaired) electrons. The largest absolute Gasteiger partial charge is 0.484 e. The quantitative estimate of drug-likeness (QED) is 0.349. The Labute approximate surface area is 196 Å². The van der Waals surface area contributed by atoms with Crippen molar-refractivity contribution < 1.29 is 32.5 Å². The van der Waals surface area contributed by atoms with E-state index in [9.17, 15) is 18.0 Å². The van der Waals surface area contributed by atoms with Crippen LogP contribution in [0.15, 0.2) is 60.7 Å². The van der Waals surface area contributed by atoms with Crippen molar-refractivity contribution in [2.75, 3.05) is 6.61 Å². The van der Waals surface area contributed by atoms with E-state index in [-0.39, 0.29) is 6.10 Å². The van der Waals surface area contributed by atoms with Gasteiger partial charge in [0.1, 0.15) is 17.6 Å². The molecular formula is C26H26F3NO4. The highest BCUT2D eigenvalue weighted by Crippen LogP contribution is 2.32. The van der Waals surface area contributed by atoms with Gasteiger partial charge in [-0.05, 0) is 67.8 Å². The van der Waals surface area contributed by atoms with Crippen molar-refractivity contribution in [2.45, 2.75) is 45.4 Å². The molecule has 0 bridgehead atoms. The van der Waals surface area contributed by atoms with E-state index < -0.39 is 24.3 Å². The maximum atomic E-state index is 12.9. The lowest BCUT2D eigenvalue weighted by Crippen LogP contribution is -2.11. The first-order valence-electron chi connectivity index (χ1n) is 10.9. The number of ether oxygens (including phenoxy) is 2. The van der Waals surface area contributed by atoms with Gasteiger partial charge in [0, 0.05) is 5.56 Å². The summed E-state index contributed by atoms with van der Waals surface area (Å²) >= 11 is 0. The number of alkyl halides is 3. The SMILES string of the molecule is CCCC[C@H](Oc1ccc(OCC(=O)O)c(C)c1)c1cccc(-c2ccc(C(F)(F)F)cc2)n1. The molecule has 0 unspecified atom stereocenters. The summed E-state index contributed by atoms with van der Waals surface area (Å²) in [5, 5.41) is 8.79. The van der Waals surface area contributed by atoms with Gasteiger partial charge in [0.15, 0.2) is 6.61 Å². The molecular weight excluding hydrogens is 447 g/mol. The lowest BCUT2D eigenvalue weighted by atomic mass is 10.1.